The molecule has 0 unspecified atom stereocenters. The van der Waals surface area contributed by atoms with E-state index in [0.29, 0.717) is 13.0 Å². The van der Waals surface area contributed by atoms with Crippen LogP contribution in [0, 0.1) is 13.8 Å². The third-order valence-electron chi connectivity index (χ3n) is 4.02. The molecule has 22 heavy (non-hydrogen) atoms. The van der Waals surface area contributed by atoms with Gasteiger partial charge in [0, 0.05) is 26.2 Å². The van der Waals surface area contributed by atoms with Crippen molar-refractivity contribution in [2.45, 2.75) is 38.9 Å². The molecule has 2 atom stereocenters. The van der Waals surface area contributed by atoms with E-state index in [2.05, 4.69) is 5.32 Å². The Hall–Kier alpha value is -1.88. The quantitative estimate of drug-likeness (QED) is 0.920. The lowest BCUT2D eigenvalue weighted by atomic mass is 10.0. The first-order valence-corrected chi connectivity index (χ1v) is 7.61. The van der Waals surface area contributed by atoms with Crippen LogP contribution in [0.25, 0.3) is 0 Å². The summed E-state index contributed by atoms with van der Waals surface area (Å²) in [6, 6.07) is 5.80. The molecule has 120 valence electrons. The Morgan fingerprint density at radius 3 is 2.45 bits per heavy atom. The molecule has 0 saturated carbocycles. The normalized spacial score (nSPS) is 20.7. The number of ether oxygens (including phenoxy) is 1. The predicted molar refractivity (Wildman–Crippen MR) is 84.8 cm³/mol. The minimum Gasteiger partial charge on any atom is -0.363 e. The second-order valence-electron chi connectivity index (χ2n) is 6.03. The first-order chi connectivity index (χ1) is 10.4. The van der Waals surface area contributed by atoms with Crippen molar-refractivity contribution >= 4 is 11.8 Å². The fourth-order valence-corrected chi connectivity index (χ4v) is 2.79. The van der Waals surface area contributed by atoms with E-state index >= 15 is 0 Å². The van der Waals surface area contributed by atoms with Crippen molar-refractivity contribution in [2.75, 3.05) is 20.6 Å². The third kappa shape index (κ3) is 3.65. The summed E-state index contributed by atoms with van der Waals surface area (Å²) in [5.74, 6) is -0.0924. The van der Waals surface area contributed by atoms with Crippen molar-refractivity contribution in [3.05, 3.63) is 34.9 Å². The van der Waals surface area contributed by atoms with E-state index in [4.69, 9.17) is 4.74 Å². The summed E-state index contributed by atoms with van der Waals surface area (Å²) in [6.45, 7) is 4.29. The van der Waals surface area contributed by atoms with Crippen LogP contribution >= 0.6 is 0 Å². The minimum atomic E-state index is -0.378. The van der Waals surface area contributed by atoms with Crippen LogP contribution in [-0.2, 0) is 9.53 Å². The van der Waals surface area contributed by atoms with Gasteiger partial charge >= 0.3 is 0 Å². The summed E-state index contributed by atoms with van der Waals surface area (Å²) in [5.41, 5.74) is 2.65. The summed E-state index contributed by atoms with van der Waals surface area (Å²) in [5, 5.41) is 2.92. The summed E-state index contributed by atoms with van der Waals surface area (Å²) in [7, 11) is 3.45. The SMILES string of the molecule is Cc1cccc(C)c1C(=O)NC[C@@H]1CC[C@@H](C(=O)N(C)C)O1. The van der Waals surface area contributed by atoms with Crippen LogP contribution < -0.4 is 5.32 Å². The highest BCUT2D eigenvalue weighted by Gasteiger charge is 2.31. The molecule has 0 aliphatic carbocycles. The average molecular weight is 304 g/mol. The molecule has 1 aliphatic rings. The molecule has 1 aliphatic heterocycles. The molecule has 1 heterocycles. The highest BCUT2D eigenvalue weighted by molar-refractivity contribution is 5.97. The van der Waals surface area contributed by atoms with E-state index in [-0.39, 0.29) is 24.0 Å². The van der Waals surface area contributed by atoms with Crippen molar-refractivity contribution in [1.82, 2.24) is 10.2 Å². The van der Waals surface area contributed by atoms with Gasteiger partial charge in [-0.05, 0) is 37.8 Å². The molecular weight excluding hydrogens is 280 g/mol. The van der Waals surface area contributed by atoms with E-state index in [0.717, 1.165) is 23.1 Å². The van der Waals surface area contributed by atoms with Gasteiger partial charge in [0.05, 0.1) is 6.10 Å². The highest BCUT2D eigenvalue weighted by Crippen LogP contribution is 2.21. The van der Waals surface area contributed by atoms with Gasteiger partial charge in [-0.2, -0.15) is 0 Å². The molecule has 2 rings (SSSR count). The molecule has 1 aromatic carbocycles. The lowest BCUT2D eigenvalue weighted by Gasteiger charge is -2.18. The Morgan fingerprint density at radius 2 is 1.86 bits per heavy atom. The number of aryl methyl sites for hydroxylation is 2. The van der Waals surface area contributed by atoms with Crippen LogP contribution in [0.5, 0.6) is 0 Å². The van der Waals surface area contributed by atoms with E-state index < -0.39 is 0 Å². The highest BCUT2D eigenvalue weighted by atomic mass is 16.5. The van der Waals surface area contributed by atoms with Gasteiger partial charge in [-0.25, -0.2) is 0 Å². The number of hydrogen-bond donors (Lipinski definition) is 1. The van der Waals surface area contributed by atoms with Crippen LogP contribution in [0.3, 0.4) is 0 Å². The van der Waals surface area contributed by atoms with Crippen LogP contribution in [0.1, 0.15) is 34.3 Å². The van der Waals surface area contributed by atoms with Gasteiger partial charge in [-0.3, -0.25) is 9.59 Å². The van der Waals surface area contributed by atoms with E-state index in [1.54, 1.807) is 19.0 Å². The Labute approximate surface area is 131 Å². The summed E-state index contributed by atoms with van der Waals surface area (Å²) in [6.07, 6.45) is 1.03. The number of carbonyl (C=O) groups excluding carboxylic acids is 2. The monoisotopic (exact) mass is 304 g/mol. The third-order valence-corrected chi connectivity index (χ3v) is 4.02. The van der Waals surface area contributed by atoms with E-state index in [9.17, 15) is 9.59 Å². The Kier molecular flexibility index (Phi) is 5.19. The number of nitrogens with zero attached hydrogens (tertiary/aromatic N) is 1. The first-order valence-electron chi connectivity index (χ1n) is 7.61. The van der Waals surface area contributed by atoms with Gasteiger partial charge < -0.3 is 15.0 Å². The molecular formula is C17H24N2O3. The summed E-state index contributed by atoms with van der Waals surface area (Å²) < 4.78 is 5.73. The van der Waals surface area contributed by atoms with Gasteiger partial charge in [-0.1, -0.05) is 18.2 Å². The lowest BCUT2D eigenvalue weighted by Crippen LogP contribution is -2.36. The van der Waals surface area contributed by atoms with Crippen LogP contribution in [0.15, 0.2) is 18.2 Å². The maximum absolute atomic E-state index is 12.3. The van der Waals surface area contributed by atoms with Crippen molar-refractivity contribution in [3.8, 4) is 0 Å². The van der Waals surface area contributed by atoms with Gasteiger partial charge in [0.15, 0.2) is 0 Å². The van der Waals surface area contributed by atoms with Crippen molar-refractivity contribution in [3.63, 3.8) is 0 Å². The topological polar surface area (TPSA) is 58.6 Å². The summed E-state index contributed by atoms with van der Waals surface area (Å²) in [4.78, 5) is 25.7. The molecule has 2 amide bonds. The maximum atomic E-state index is 12.3. The molecule has 5 heteroatoms. The first kappa shape index (κ1) is 16.5. The van der Waals surface area contributed by atoms with Gasteiger partial charge in [-0.15, -0.1) is 0 Å². The number of carbonyl (C=O) groups is 2. The van der Waals surface area contributed by atoms with Crippen molar-refractivity contribution in [2.24, 2.45) is 0 Å². The molecule has 1 aromatic rings. The molecule has 0 spiro atoms. The van der Waals surface area contributed by atoms with Gasteiger partial charge in [0.1, 0.15) is 6.10 Å². The van der Waals surface area contributed by atoms with Crippen LogP contribution in [-0.4, -0.2) is 49.6 Å². The number of benzene rings is 1. The lowest BCUT2D eigenvalue weighted by molar-refractivity contribution is -0.140. The Morgan fingerprint density at radius 1 is 1.23 bits per heavy atom. The fourth-order valence-electron chi connectivity index (χ4n) is 2.79. The summed E-state index contributed by atoms with van der Waals surface area (Å²) >= 11 is 0. The second kappa shape index (κ2) is 6.92. The molecule has 1 fully saturated rings. The van der Waals surface area contributed by atoms with Crippen molar-refractivity contribution in [1.29, 1.82) is 0 Å². The zero-order valence-electron chi connectivity index (χ0n) is 13.7. The van der Waals surface area contributed by atoms with Gasteiger partial charge in [0.2, 0.25) is 0 Å². The van der Waals surface area contributed by atoms with E-state index in [1.165, 1.54) is 0 Å². The molecule has 1 saturated heterocycles. The van der Waals surface area contributed by atoms with Gasteiger partial charge in [0.25, 0.3) is 11.8 Å². The molecule has 5 nitrogen and oxygen atoms in total. The molecule has 0 aromatic heterocycles. The van der Waals surface area contributed by atoms with E-state index in [1.807, 2.05) is 32.0 Å². The smallest absolute Gasteiger partial charge is 0.251 e. The molecule has 0 radical (unpaired) electrons. The minimum absolute atomic E-state index is 0.0106. The number of nitrogens with one attached hydrogen (secondary N) is 1. The average Bonchev–Trinajstić information content (AvgIpc) is 2.92. The Bertz CT molecular complexity index is 549. The Balaban J connectivity index is 1.89. The fraction of sp³-hybridized carbons (Fsp3) is 0.529. The number of hydrogen-bond acceptors (Lipinski definition) is 3. The molecule has 0 bridgehead atoms. The zero-order valence-corrected chi connectivity index (χ0v) is 13.7. The van der Waals surface area contributed by atoms with Crippen molar-refractivity contribution < 1.29 is 14.3 Å². The zero-order chi connectivity index (χ0) is 16.3. The largest absolute Gasteiger partial charge is 0.363 e. The number of amides is 2. The van der Waals surface area contributed by atoms with Crippen LogP contribution in [0.4, 0.5) is 0 Å². The van der Waals surface area contributed by atoms with Crippen LogP contribution in [0.2, 0.25) is 0 Å². The maximum Gasteiger partial charge on any atom is 0.251 e. The molecule has 1 N–H and O–H groups in total. The number of likely N-dealkylation sites (N-methyl/N-ethyl adjacent to an activating group) is 1. The number of rotatable bonds is 4. The predicted octanol–water partition coefficient (Wildman–Crippen LogP) is 1.67. The standard InChI is InChI=1S/C17H24N2O3/c1-11-6-5-7-12(2)15(11)16(20)18-10-13-8-9-14(22-13)17(21)19(3)4/h5-7,13-14H,8-10H2,1-4H3,(H,18,20)/t13-,14-/m0/s1. The second-order valence-corrected chi connectivity index (χ2v) is 6.03.